The van der Waals surface area contributed by atoms with Crippen LogP contribution in [0.25, 0.3) is 28.3 Å². The molecule has 6 nitrogen and oxygen atoms in total. The Morgan fingerprint density at radius 3 is 2.44 bits per heavy atom. The SMILES string of the molecule is Cc1ccc(Nc2nccc(-c3c(-c4ccc(F)cc4)nc4cc(CN(C)C)ccn34)n2)cc1. The van der Waals surface area contributed by atoms with Crippen molar-refractivity contribution >= 4 is 17.3 Å². The highest BCUT2D eigenvalue weighted by atomic mass is 19.1. The van der Waals surface area contributed by atoms with Crippen molar-refractivity contribution in [1.29, 1.82) is 0 Å². The Kier molecular flexibility index (Phi) is 5.77. The van der Waals surface area contributed by atoms with Gasteiger partial charge in [0.25, 0.3) is 0 Å². The molecule has 0 aliphatic rings. The summed E-state index contributed by atoms with van der Waals surface area (Å²) in [6.45, 7) is 2.86. The maximum absolute atomic E-state index is 13.6. The van der Waals surface area contributed by atoms with Crippen molar-refractivity contribution in [3.8, 4) is 22.6 Å². The van der Waals surface area contributed by atoms with E-state index in [0.717, 1.165) is 46.1 Å². The molecule has 0 saturated heterocycles. The van der Waals surface area contributed by atoms with E-state index in [1.165, 1.54) is 17.7 Å². The molecule has 170 valence electrons. The molecule has 5 aromatic rings. The van der Waals surface area contributed by atoms with Crippen molar-refractivity contribution in [3.63, 3.8) is 0 Å². The summed E-state index contributed by atoms with van der Waals surface area (Å²) in [4.78, 5) is 16.2. The molecule has 0 bridgehead atoms. The molecule has 0 fully saturated rings. The zero-order chi connectivity index (χ0) is 23.7. The summed E-state index contributed by atoms with van der Waals surface area (Å²) in [6, 6.07) is 20.5. The average Bonchev–Trinajstić information content (AvgIpc) is 3.19. The van der Waals surface area contributed by atoms with Gasteiger partial charge in [-0.3, -0.25) is 4.40 Å². The zero-order valence-corrected chi connectivity index (χ0v) is 19.3. The van der Waals surface area contributed by atoms with Crippen molar-refractivity contribution < 1.29 is 4.39 Å². The van der Waals surface area contributed by atoms with Crippen LogP contribution in [0.3, 0.4) is 0 Å². The Hall–Kier alpha value is -4.10. The molecule has 7 heteroatoms. The van der Waals surface area contributed by atoms with Crippen LogP contribution in [0.2, 0.25) is 0 Å². The number of fused-ring (bicyclic) bond motifs is 1. The minimum Gasteiger partial charge on any atom is -0.324 e. The normalized spacial score (nSPS) is 11.3. The van der Waals surface area contributed by atoms with E-state index in [9.17, 15) is 4.39 Å². The largest absolute Gasteiger partial charge is 0.324 e. The first-order valence-electron chi connectivity index (χ1n) is 11.0. The third kappa shape index (κ3) is 4.51. The Labute approximate surface area is 197 Å². The second kappa shape index (κ2) is 9.03. The van der Waals surface area contributed by atoms with Crippen LogP contribution >= 0.6 is 0 Å². The zero-order valence-electron chi connectivity index (χ0n) is 19.3. The molecular weight excluding hydrogens is 427 g/mol. The number of aromatic nitrogens is 4. The highest BCUT2D eigenvalue weighted by Crippen LogP contribution is 2.33. The van der Waals surface area contributed by atoms with Gasteiger partial charge < -0.3 is 10.2 Å². The number of imidazole rings is 1. The van der Waals surface area contributed by atoms with E-state index in [1.807, 2.05) is 61.9 Å². The molecule has 0 unspecified atom stereocenters. The molecule has 2 aromatic carbocycles. The van der Waals surface area contributed by atoms with Crippen molar-refractivity contribution in [2.24, 2.45) is 0 Å². The van der Waals surface area contributed by atoms with Gasteiger partial charge in [-0.05, 0) is 81.2 Å². The number of halogens is 1. The van der Waals surface area contributed by atoms with Gasteiger partial charge >= 0.3 is 0 Å². The number of hydrogen-bond acceptors (Lipinski definition) is 5. The van der Waals surface area contributed by atoms with Gasteiger partial charge in [-0.25, -0.2) is 19.3 Å². The van der Waals surface area contributed by atoms with E-state index in [1.54, 1.807) is 18.3 Å². The predicted octanol–water partition coefficient (Wildman–Crippen LogP) is 5.71. The summed E-state index contributed by atoms with van der Waals surface area (Å²) < 4.78 is 15.7. The fourth-order valence-corrected chi connectivity index (χ4v) is 3.92. The molecule has 0 spiro atoms. The van der Waals surface area contributed by atoms with Crippen LogP contribution in [0.15, 0.2) is 79.1 Å². The Bertz CT molecular complexity index is 1440. The van der Waals surface area contributed by atoms with Gasteiger partial charge in [-0.2, -0.15) is 0 Å². The summed E-state index contributed by atoms with van der Waals surface area (Å²) in [5, 5.41) is 3.27. The Morgan fingerprint density at radius 1 is 0.941 bits per heavy atom. The lowest BCUT2D eigenvalue weighted by molar-refractivity contribution is 0.402. The molecule has 0 saturated carbocycles. The van der Waals surface area contributed by atoms with Crippen LogP contribution in [0.4, 0.5) is 16.0 Å². The third-order valence-electron chi connectivity index (χ3n) is 5.51. The standard InChI is InChI=1S/C27H25FN6/c1-18-4-10-22(11-5-18)30-27-29-14-12-23(31-27)26-25(20-6-8-21(28)9-7-20)32-24-16-19(17-33(2)3)13-15-34(24)26/h4-16H,17H2,1-3H3,(H,29,30,31). The third-order valence-corrected chi connectivity index (χ3v) is 5.51. The smallest absolute Gasteiger partial charge is 0.227 e. The molecule has 3 aromatic heterocycles. The van der Waals surface area contributed by atoms with Crippen molar-refractivity contribution in [3.05, 3.63) is 96.1 Å². The molecule has 34 heavy (non-hydrogen) atoms. The van der Waals surface area contributed by atoms with E-state index in [-0.39, 0.29) is 5.82 Å². The van der Waals surface area contributed by atoms with E-state index in [4.69, 9.17) is 9.97 Å². The number of rotatable bonds is 6. The van der Waals surface area contributed by atoms with Gasteiger partial charge in [-0.15, -0.1) is 0 Å². The van der Waals surface area contributed by atoms with Crippen LogP contribution in [-0.4, -0.2) is 38.3 Å². The number of pyridine rings is 1. The maximum Gasteiger partial charge on any atom is 0.227 e. The van der Waals surface area contributed by atoms with E-state index < -0.39 is 0 Å². The van der Waals surface area contributed by atoms with Gasteiger partial charge in [0.2, 0.25) is 5.95 Å². The summed E-state index contributed by atoms with van der Waals surface area (Å²) >= 11 is 0. The van der Waals surface area contributed by atoms with Crippen LogP contribution in [-0.2, 0) is 6.54 Å². The number of hydrogen-bond donors (Lipinski definition) is 1. The minimum absolute atomic E-state index is 0.283. The van der Waals surface area contributed by atoms with Gasteiger partial charge in [0.1, 0.15) is 11.5 Å². The highest BCUT2D eigenvalue weighted by Gasteiger charge is 2.18. The number of aryl methyl sites for hydroxylation is 1. The van der Waals surface area contributed by atoms with Gasteiger partial charge in [0, 0.05) is 30.2 Å². The summed E-state index contributed by atoms with van der Waals surface area (Å²) in [6.07, 6.45) is 3.74. The van der Waals surface area contributed by atoms with E-state index >= 15 is 0 Å². The number of anilines is 2. The maximum atomic E-state index is 13.6. The van der Waals surface area contributed by atoms with Gasteiger partial charge in [0.15, 0.2) is 0 Å². The number of nitrogens with one attached hydrogen (secondary N) is 1. The predicted molar refractivity (Wildman–Crippen MR) is 133 cm³/mol. The molecule has 0 aliphatic heterocycles. The lowest BCUT2D eigenvalue weighted by Gasteiger charge is -2.11. The van der Waals surface area contributed by atoms with Crippen LogP contribution in [0, 0.1) is 12.7 Å². The van der Waals surface area contributed by atoms with Crippen molar-refractivity contribution in [2.45, 2.75) is 13.5 Å². The van der Waals surface area contributed by atoms with Crippen LogP contribution < -0.4 is 5.32 Å². The quantitative estimate of drug-likeness (QED) is 0.358. The second-order valence-electron chi connectivity index (χ2n) is 8.57. The number of nitrogens with zero attached hydrogens (tertiary/aromatic N) is 5. The molecule has 0 amide bonds. The summed E-state index contributed by atoms with van der Waals surface area (Å²) in [5.41, 5.74) is 7.16. The molecule has 0 radical (unpaired) electrons. The first-order valence-corrected chi connectivity index (χ1v) is 11.0. The molecular formula is C27H25FN6. The first kappa shape index (κ1) is 21.7. The van der Waals surface area contributed by atoms with Crippen LogP contribution in [0.1, 0.15) is 11.1 Å². The Balaban J connectivity index is 1.63. The minimum atomic E-state index is -0.283. The average molecular weight is 453 g/mol. The highest BCUT2D eigenvalue weighted by molar-refractivity contribution is 5.81. The summed E-state index contributed by atoms with van der Waals surface area (Å²) in [5.74, 6) is 0.208. The first-order chi connectivity index (χ1) is 16.5. The van der Waals surface area contributed by atoms with E-state index in [0.29, 0.717) is 5.95 Å². The van der Waals surface area contributed by atoms with E-state index in [2.05, 4.69) is 27.3 Å². The molecule has 3 heterocycles. The molecule has 1 N–H and O–H groups in total. The molecule has 0 atom stereocenters. The molecule has 0 aliphatic carbocycles. The van der Waals surface area contributed by atoms with Crippen LogP contribution in [0.5, 0.6) is 0 Å². The van der Waals surface area contributed by atoms with Gasteiger partial charge in [0.05, 0.1) is 17.1 Å². The fourth-order valence-electron chi connectivity index (χ4n) is 3.92. The van der Waals surface area contributed by atoms with Crippen molar-refractivity contribution in [2.75, 3.05) is 19.4 Å². The van der Waals surface area contributed by atoms with Gasteiger partial charge in [-0.1, -0.05) is 17.7 Å². The second-order valence-corrected chi connectivity index (χ2v) is 8.57. The van der Waals surface area contributed by atoms with Crippen molar-refractivity contribution in [1.82, 2.24) is 24.3 Å². The lowest BCUT2D eigenvalue weighted by atomic mass is 10.1. The summed E-state index contributed by atoms with van der Waals surface area (Å²) in [7, 11) is 4.07. The Morgan fingerprint density at radius 2 is 1.71 bits per heavy atom. The topological polar surface area (TPSA) is 58.4 Å². The lowest BCUT2D eigenvalue weighted by Crippen LogP contribution is -2.10. The molecule has 5 rings (SSSR count). The monoisotopic (exact) mass is 452 g/mol. The number of benzene rings is 2. The fraction of sp³-hybridized carbons (Fsp3) is 0.148.